The molecule has 2 aromatic carbocycles. The molecule has 0 aliphatic heterocycles. The molecule has 0 saturated carbocycles. The summed E-state index contributed by atoms with van der Waals surface area (Å²) >= 11 is 11.3. The number of halogens is 3. The van der Waals surface area contributed by atoms with E-state index in [0.29, 0.717) is 11.3 Å². The molecule has 0 radical (unpaired) electrons. The van der Waals surface area contributed by atoms with Crippen LogP contribution in [0.2, 0.25) is 10.0 Å². The van der Waals surface area contributed by atoms with Crippen molar-refractivity contribution in [2.24, 2.45) is 4.99 Å². The zero-order valence-corrected chi connectivity index (χ0v) is 11.4. The van der Waals surface area contributed by atoms with Crippen molar-refractivity contribution in [2.45, 2.75) is 0 Å². The van der Waals surface area contributed by atoms with Gasteiger partial charge in [-0.2, -0.15) is 0 Å². The topological polar surface area (TPSA) is 55.5 Å². The second kappa shape index (κ2) is 5.98. The molecule has 0 unspecified atom stereocenters. The lowest BCUT2D eigenvalue weighted by atomic mass is 10.2. The van der Waals surface area contributed by atoms with E-state index in [-0.39, 0.29) is 15.7 Å². The van der Waals surface area contributed by atoms with Gasteiger partial charge in [0, 0.05) is 12.3 Å². The van der Waals surface area contributed by atoms with Gasteiger partial charge in [-0.3, -0.25) is 15.1 Å². The lowest BCUT2D eigenvalue weighted by Crippen LogP contribution is -1.91. The van der Waals surface area contributed by atoms with Crippen molar-refractivity contribution in [1.29, 1.82) is 0 Å². The van der Waals surface area contributed by atoms with Gasteiger partial charge < -0.3 is 0 Å². The van der Waals surface area contributed by atoms with Gasteiger partial charge in [-0.05, 0) is 29.8 Å². The van der Waals surface area contributed by atoms with Crippen LogP contribution in [0.4, 0.5) is 15.8 Å². The van der Waals surface area contributed by atoms with E-state index >= 15 is 0 Å². The molecule has 20 heavy (non-hydrogen) atoms. The third-order valence-corrected chi connectivity index (χ3v) is 3.04. The Morgan fingerprint density at radius 3 is 2.55 bits per heavy atom. The van der Waals surface area contributed by atoms with Crippen LogP contribution in [-0.4, -0.2) is 11.1 Å². The van der Waals surface area contributed by atoms with Crippen LogP contribution < -0.4 is 0 Å². The van der Waals surface area contributed by atoms with E-state index in [4.69, 9.17) is 23.2 Å². The van der Waals surface area contributed by atoms with Crippen molar-refractivity contribution < 1.29 is 9.31 Å². The quantitative estimate of drug-likeness (QED) is 0.464. The molecule has 0 heterocycles. The Morgan fingerprint density at radius 1 is 1.15 bits per heavy atom. The molecule has 0 aliphatic rings. The second-order valence-corrected chi connectivity index (χ2v) is 4.64. The number of benzene rings is 2. The third kappa shape index (κ3) is 3.31. The molecule has 0 aromatic heterocycles. The number of nitrogens with zero attached hydrogens (tertiary/aromatic N) is 2. The van der Waals surface area contributed by atoms with Crippen molar-refractivity contribution in [3.05, 3.63) is 67.9 Å². The molecule has 0 fully saturated rings. The number of nitro benzene ring substituents is 1. The Bertz CT molecular complexity index is 705. The van der Waals surface area contributed by atoms with Gasteiger partial charge in [0.2, 0.25) is 0 Å². The fourth-order valence-electron chi connectivity index (χ4n) is 1.46. The van der Waals surface area contributed by atoms with Crippen molar-refractivity contribution in [1.82, 2.24) is 0 Å². The van der Waals surface area contributed by atoms with E-state index in [1.54, 1.807) is 6.07 Å². The van der Waals surface area contributed by atoms with E-state index in [0.717, 1.165) is 0 Å². The van der Waals surface area contributed by atoms with Crippen molar-refractivity contribution >= 4 is 40.8 Å². The monoisotopic (exact) mass is 312 g/mol. The van der Waals surface area contributed by atoms with E-state index in [1.807, 2.05) is 0 Å². The predicted octanol–water partition coefficient (Wildman–Crippen LogP) is 4.79. The van der Waals surface area contributed by atoms with E-state index in [2.05, 4.69) is 4.99 Å². The minimum atomic E-state index is -0.575. The first kappa shape index (κ1) is 14.4. The van der Waals surface area contributed by atoms with Crippen LogP contribution in [0.25, 0.3) is 0 Å². The smallest absolute Gasteiger partial charge is 0.258 e. The highest BCUT2D eigenvalue weighted by Gasteiger charge is 2.11. The van der Waals surface area contributed by atoms with Gasteiger partial charge in [-0.15, -0.1) is 0 Å². The highest BCUT2D eigenvalue weighted by atomic mass is 35.5. The summed E-state index contributed by atoms with van der Waals surface area (Å²) in [6, 6.07) is 8.30. The average Bonchev–Trinajstić information content (AvgIpc) is 2.41. The molecule has 0 amide bonds. The summed E-state index contributed by atoms with van der Waals surface area (Å²) in [5.41, 5.74) is 0.739. The molecule has 102 valence electrons. The molecule has 0 spiro atoms. The summed E-state index contributed by atoms with van der Waals surface area (Å²) in [7, 11) is 0. The fraction of sp³-hybridized carbons (Fsp3) is 0. The highest BCUT2D eigenvalue weighted by Crippen LogP contribution is 2.25. The first-order chi connectivity index (χ1) is 9.47. The summed E-state index contributed by atoms with van der Waals surface area (Å²) in [5, 5.41) is 10.8. The van der Waals surface area contributed by atoms with Gasteiger partial charge in [0.05, 0.1) is 15.6 Å². The molecule has 2 rings (SSSR count). The molecule has 0 atom stereocenters. The zero-order valence-electron chi connectivity index (χ0n) is 9.89. The lowest BCUT2D eigenvalue weighted by Gasteiger charge is -1.98. The molecule has 0 N–H and O–H groups in total. The standard InChI is InChI=1S/C13H7Cl2FN2O2/c14-10-3-1-8(5-13(10)18(19)20)7-17-9-2-4-12(16)11(15)6-9/h1-7H. The van der Waals surface area contributed by atoms with Crippen LogP contribution in [0.3, 0.4) is 0 Å². The number of aliphatic imine (C=N–C) groups is 1. The maximum atomic E-state index is 13.0. The fourth-order valence-corrected chi connectivity index (χ4v) is 1.83. The Kier molecular flexibility index (Phi) is 4.32. The molecule has 4 nitrogen and oxygen atoms in total. The van der Waals surface area contributed by atoms with E-state index < -0.39 is 10.7 Å². The Balaban J connectivity index is 2.29. The van der Waals surface area contributed by atoms with Crippen LogP contribution in [0.15, 0.2) is 41.4 Å². The Labute approximate surface area is 123 Å². The normalized spacial score (nSPS) is 10.9. The summed E-state index contributed by atoms with van der Waals surface area (Å²) < 4.78 is 13.0. The summed E-state index contributed by atoms with van der Waals surface area (Å²) in [6.07, 6.45) is 1.41. The van der Waals surface area contributed by atoms with Gasteiger partial charge in [0.15, 0.2) is 0 Å². The highest BCUT2D eigenvalue weighted by molar-refractivity contribution is 6.32. The van der Waals surface area contributed by atoms with Gasteiger partial charge >= 0.3 is 0 Å². The van der Waals surface area contributed by atoms with Gasteiger partial charge in [0.1, 0.15) is 10.8 Å². The van der Waals surface area contributed by atoms with Crippen LogP contribution in [0, 0.1) is 15.9 Å². The number of hydrogen-bond donors (Lipinski definition) is 0. The lowest BCUT2D eigenvalue weighted by molar-refractivity contribution is -0.384. The largest absolute Gasteiger partial charge is 0.288 e. The first-order valence-electron chi connectivity index (χ1n) is 5.40. The molecule has 7 heteroatoms. The van der Waals surface area contributed by atoms with Gasteiger partial charge in [0.25, 0.3) is 5.69 Å². The Hall–Kier alpha value is -1.98. The summed E-state index contributed by atoms with van der Waals surface area (Å²) in [4.78, 5) is 14.2. The van der Waals surface area contributed by atoms with Gasteiger partial charge in [-0.1, -0.05) is 29.3 Å². The van der Waals surface area contributed by atoms with Crippen LogP contribution in [0.5, 0.6) is 0 Å². The molecule has 0 bridgehead atoms. The SMILES string of the molecule is O=[N+]([O-])c1cc(C=Nc2ccc(F)c(Cl)c2)ccc1Cl. The minimum Gasteiger partial charge on any atom is -0.258 e. The zero-order chi connectivity index (χ0) is 14.7. The molecule has 0 saturated heterocycles. The molecule has 2 aromatic rings. The maximum Gasteiger partial charge on any atom is 0.288 e. The van der Waals surface area contributed by atoms with Crippen LogP contribution >= 0.6 is 23.2 Å². The molecule has 0 aliphatic carbocycles. The van der Waals surface area contributed by atoms with Crippen molar-refractivity contribution in [2.75, 3.05) is 0 Å². The molecular formula is C13H7Cl2FN2O2. The maximum absolute atomic E-state index is 13.0. The van der Waals surface area contributed by atoms with Crippen molar-refractivity contribution in [3.8, 4) is 0 Å². The molecular weight excluding hydrogens is 306 g/mol. The van der Waals surface area contributed by atoms with Crippen LogP contribution in [-0.2, 0) is 0 Å². The van der Waals surface area contributed by atoms with E-state index in [1.165, 1.54) is 36.5 Å². The second-order valence-electron chi connectivity index (χ2n) is 3.82. The summed E-state index contributed by atoms with van der Waals surface area (Å²) in [5.74, 6) is -0.534. The van der Waals surface area contributed by atoms with Crippen molar-refractivity contribution in [3.63, 3.8) is 0 Å². The van der Waals surface area contributed by atoms with Crippen LogP contribution in [0.1, 0.15) is 5.56 Å². The van der Waals surface area contributed by atoms with E-state index in [9.17, 15) is 14.5 Å². The minimum absolute atomic E-state index is 0.0401. The predicted molar refractivity (Wildman–Crippen MR) is 76.8 cm³/mol. The number of rotatable bonds is 3. The number of hydrogen-bond acceptors (Lipinski definition) is 3. The van der Waals surface area contributed by atoms with Gasteiger partial charge in [-0.25, -0.2) is 4.39 Å². The third-order valence-electron chi connectivity index (χ3n) is 2.43. The summed E-state index contributed by atoms with van der Waals surface area (Å²) in [6.45, 7) is 0. The number of nitro groups is 1. The Morgan fingerprint density at radius 2 is 1.90 bits per heavy atom. The first-order valence-corrected chi connectivity index (χ1v) is 6.16. The average molecular weight is 313 g/mol.